The third-order valence-electron chi connectivity index (χ3n) is 4.38. The Kier molecular flexibility index (Phi) is 4.94. The number of hydrogen-bond donors (Lipinski definition) is 1. The molecule has 2 heterocycles. The molecule has 3 unspecified atom stereocenters. The zero-order valence-corrected chi connectivity index (χ0v) is 12.3. The Balaban J connectivity index is 2.04. The average Bonchev–Trinajstić information content (AvgIpc) is 2.46. The number of nitrogens with zero attached hydrogens (tertiary/aromatic N) is 2. The van der Waals surface area contributed by atoms with Crippen LogP contribution in [0.4, 0.5) is 0 Å². The number of piperidine rings is 1. The molecular formula is C16H26N2O. The molecule has 0 spiro atoms. The molecule has 0 bridgehead atoms. The van der Waals surface area contributed by atoms with Gasteiger partial charge in [-0.15, -0.1) is 0 Å². The van der Waals surface area contributed by atoms with Crippen molar-refractivity contribution in [2.75, 3.05) is 13.1 Å². The lowest BCUT2D eigenvalue weighted by Crippen LogP contribution is -2.39. The second-order valence-electron chi connectivity index (χ2n) is 5.79. The minimum atomic E-state index is -0.163. The van der Waals surface area contributed by atoms with Crippen molar-refractivity contribution in [3.8, 4) is 0 Å². The van der Waals surface area contributed by atoms with E-state index in [1.165, 1.54) is 11.3 Å². The summed E-state index contributed by atoms with van der Waals surface area (Å²) in [7, 11) is 0. The Morgan fingerprint density at radius 3 is 2.79 bits per heavy atom. The number of rotatable bonds is 4. The second kappa shape index (κ2) is 6.49. The van der Waals surface area contributed by atoms with Crippen LogP contribution >= 0.6 is 0 Å². The third kappa shape index (κ3) is 3.54. The number of likely N-dealkylation sites (tertiary alicyclic amines) is 1. The van der Waals surface area contributed by atoms with Crippen molar-refractivity contribution in [3.63, 3.8) is 0 Å². The SMILES string of the molecule is CCC(C)c1ccc(C(C)N2CCCC(O)C2)cn1. The predicted molar refractivity (Wildman–Crippen MR) is 78.2 cm³/mol. The number of aliphatic hydroxyl groups excluding tert-OH is 1. The second-order valence-corrected chi connectivity index (χ2v) is 5.79. The molecule has 0 amide bonds. The summed E-state index contributed by atoms with van der Waals surface area (Å²) in [5.41, 5.74) is 2.43. The monoisotopic (exact) mass is 262 g/mol. The highest BCUT2D eigenvalue weighted by molar-refractivity contribution is 5.19. The summed E-state index contributed by atoms with van der Waals surface area (Å²) in [5.74, 6) is 0.529. The Morgan fingerprint density at radius 1 is 1.42 bits per heavy atom. The van der Waals surface area contributed by atoms with Gasteiger partial charge in [-0.2, -0.15) is 0 Å². The molecule has 3 atom stereocenters. The number of pyridine rings is 1. The zero-order chi connectivity index (χ0) is 13.8. The van der Waals surface area contributed by atoms with Gasteiger partial charge in [0.25, 0.3) is 0 Å². The Morgan fingerprint density at radius 2 is 2.21 bits per heavy atom. The quantitative estimate of drug-likeness (QED) is 0.905. The van der Waals surface area contributed by atoms with Crippen molar-refractivity contribution in [2.24, 2.45) is 0 Å². The van der Waals surface area contributed by atoms with E-state index in [1.54, 1.807) is 0 Å². The van der Waals surface area contributed by atoms with Crippen LogP contribution in [0, 0.1) is 0 Å². The first-order valence-corrected chi connectivity index (χ1v) is 7.49. The van der Waals surface area contributed by atoms with E-state index >= 15 is 0 Å². The van der Waals surface area contributed by atoms with E-state index in [0.717, 1.165) is 32.4 Å². The molecule has 3 heteroatoms. The van der Waals surface area contributed by atoms with Gasteiger partial charge in [-0.3, -0.25) is 9.88 Å². The molecule has 0 aromatic carbocycles. The topological polar surface area (TPSA) is 36.4 Å². The summed E-state index contributed by atoms with van der Waals surface area (Å²) >= 11 is 0. The van der Waals surface area contributed by atoms with Crippen molar-refractivity contribution in [2.45, 2.75) is 58.1 Å². The van der Waals surface area contributed by atoms with Crippen LogP contribution in [0.5, 0.6) is 0 Å². The van der Waals surface area contributed by atoms with Gasteiger partial charge in [0.2, 0.25) is 0 Å². The Labute approximate surface area is 116 Å². The fraction of sp³-hybridized carbons (Fsp3) is 0.688. The first kappa shape index (κ1) is 14.5. The highest BCUT2D eigenvalue weighted by Crippen LogP contribution is 2.25. The van der Waals surface area contributed by atoms with Gasteiger partial charge in [-0.05, 0) is 50.3 Å². The molecule has 1 saturated heterocycles. The minimum absolute atomic E-state index is 0.163. The van der Waals surface area contributed by atoms with E-state index in [0.29, 0.717) is 12.0 Å². The lowest BCUT2D eigenvalue weighted by atomic mass is 10.0. The summed E-state index contributed by atoms with van der Waals surface area (Å²) in [6.07, 6.45) is 5.00. The summed E-state index contributed by atoms with van der Waals surface area (Å²) in [4.78, 5) is 6.95. The van der Waals surface area contributed by atoms with Gasteiger partial charge in [-0.1, -0.05) is 19.9 Å². The molecule has 2 rings (SSSR count). The van der Waals surface area contributed by atoms with E-state index < -0.39 is 0 Å². The van der Waals surface area contributed by atoms with Crippen LogP contribution in [0.2, 0.25) is 0 Å². The van der Waals surface area contributed by atoms with Crippen molar-refractivity contribution in [1.82, 2.24) is 9.88 Å². The average molecular weight is 262 g/mol. The molecular weight excluding hydrogens is 236 g/mol. The first-order chi connectivity index (χ1) is 9.11. The normalized spacial score (nSPS) is 24.1. The largest absolute Gasteiger partial charge is 0.392 e. The Bertz CT molecular complexity index is 390. The molecule has 1 aliphatic rings. The number of aliphatic hydroxyl groups is 1. The van der Waals surface area contributed by atoms with Crippen molar-refractivity contribution in [3.05, 3.63) is 29.6 Å². The lowest BCUT2D eigenvalue weighted by Gasteiger charge is -2.35. The standard InChI is InChI=1S/C16H26N2O/c1-4-12(2)16-8-7-14(10-17-16)13(3)18-9-5-6-15(19)11-18/h7-8,10,12-13,15,19H,4-6,9,11H2,1-3H3. The van der Waals surface area contributed by atoms with Crippen LogP contribution in [0.15, 0.2) is 18.3 Å². The van der Waals surface area contributed by atoms with E-state index in [4.69, 9.17) is 0 Å². The highest BCUT2D eigenvalue weighted by Gasteiger charge is 2.23. The van der Waals surface area contributed by atoms with Crippen LogP contribution in [0.3, 0.4) is 0 Å². The molecule has 1 aromatic rings. The Hall–Kier alpha value is -0.930. The number of hydrogen-bond acceptors (Lipinski definition) is 3. The molecule has 3 nitrogen and oxygen atoms in total. The van der Waals surface area contributed by atoms with Gasteiger partial charge in [-0.25, -0.2) is 0 Å². The molecule has 0 aliphatic carbocycles. The van der Waals surface area contributed by atoms with E-state index in [1.807, 2.05) is 6.20 Å². The van der Waals surface area contributed by atoms with Crippen LogP contribution in [0.1, 0.15) is 63.3 Å². The zero-order valence-electron chi connectivity index (χ0n) is 12.3. The third-order valence-corrected chi connectivity index (χ3v) is 4.38. The first-order valence-electron chi connectivity index (χ1n) is 7.49. The molecule has 1 fully saturated rings. The predicted octanol–water partition coefficient (Wildman–Crippen LogP) is 3.11. The minimum Gasteiger partial charge on any atom is -0.392 e. The van der Waals surface area contributed by atoms with Crippen LogP contribution in [0.25, 0.3) is 0 Å². The molecule has 19 heavy (non-hydrogen) atoms. The van der Waals surface area contributed by atoms with Crippen LogP contribution < -0.4 is 0 Å². The van der Waals surface area contributed by atoms with E-state index in [2.05, 4.69) is 42.8 Å². The van der Waals surface area contributed by atoms with Gasteiger partial charge in [0.15, 0.2) is 0 Å². The van der Waals surface area contributed by atoms with Gasteiger partial charge in [0.05, 0.1) is 6.10 Å². The summed E-state index contributed by atoms with van der Waals surface area (Å²) in [5, 5.41) is 9.77. The van der Waals surface area contributed by atoms with Crippen molar-refractivity contribution >= 4 is 0 Å². The molecule has 1 aromatic heterocycles. The molecule has 1 aliphatic heterocycles. The maximum atomic E-state index is 9.77. The smallest absolute Gasteiger partial charge is 0.0667 e. The van der Waals surface area contributed by atoms with Crippen molar-refractivity contribution < 1.29 is 5.11 Å². The van der Waals surface area contributed by atoms with Gasteiger partial charge in [0.1, 0.15) is 0 Å². The summed E-state index contributed by atoms with van der Waals surface area (Å²) < 4.78 is 0. The summed E-state index contributed by atoms with van der Waals surface area (Å²) in [6.45, 7) is 8.47. The molecule has 0 saturated carbocycles. The number of aromatic nitrogens is 1. The summed E-state index contributed by atoms with van der Waals surface area (Å²) in [6, 6.07) is 4.69. The van der Waals surface area contributed by atoms with Gasteiger partial charge in [0, 0.05) is 24.5 Å². The molecule has 1 N–H and O–H groups in total. The lowest BCUT2D eigenvalue weighted by molar-refractivity contribution is 0.0503. The van der Waals surface area contributed by atoms with Gasteiger partial charge >= 0.3 is 0 Å². The molecule has 0 radical (unpaired) electrons. The molecule has 106 valence electrons. The number of β-amino-alcohol motifs (C(OH)–C–C–N with tert-alkyl or cyclic N) is 1. The fourth-order valence-corrected chi connectivity index (χ4v) is 2.71. The highest BCUT2D eigenvalue weighted by atomic mass is 16.3. The van der Waals surface area contributed by atoms with E-state index in [-0.39, 0.29) is 6.10 Å². The maximum Gasteiger partial charge on any atom is 0.0667 e. The van der Waals surface area contributed by atoms with E-state index in [9.17, 15) is 5.11 Å². The van der Waals surface area contributed by atoms with Crippen molar-refractivity contribution in [1.29, 1.82) is 0 Å². The van der Waals surface area contributed by atoms with Crippen LogP contribution in [-0.4, -0.2) is 34.2 Å². The fourth-order valence-electron chi connectivity index (χ4n) is 2.71. The maximum absolute atomic E-state index is 9.77. The van der Waals surface area contributed by atoms with Crippen LogP contribution in [-0.2, 0) is 0 Å². The van der Waals surface area contributed by atoms with Gasteiger partial charge < -0.3 is 5.11 Å².